The zero-order valence-electron chi connectivity index (χ0n) is 21.7. The van der Waals surface area contributed by atoms with Crippen molar-refractivity contribution in [3.63, 3.8) is 0 Å². The molecule has 5 aromatic rings. The molecule has 2 aromatic heterocycles. The number of hydrogen-bond acceptors (Lipinski definition) is 6. The predicted molar refractivity (Wildman–Crippen MR) is 144 cm³/mol. The second-order valence-corrected chi connectivity index (χ2v) is 8.95. The number of alkyl halides is 3. The van der Waals surface area contributed by atoms with E-state index in [-0.39, 0.29) is 23.0 Å². The lowest BCUT2D eigenvalue weighted by Gasteiger charge is -2.16. The molecule has 2 heterocycles. The van der Waals surface area contributed by atoms with Gasteiger partial charge in [0.25, 0.3) is 5.91 Å². The molecule has 204 valence electrons. The molecule has 2 N–H and O–H groups in total. The van der Waals surface area contributed by atoms with Gasteiger partial charge in [0.2, 0.25) is 5.95 Å². The molecule has 0 radical (unpaired) electrons. The van der Waals surface area contributed by atoms with Crippen molar-refractivity contribution in [3.05, 3.63) is 95.8 Å². The Kier molecular flexibility index (Phi) is 7.03. The lowest BCUT2D eigenvalue weighted by Crippen LogP contribution is -2.18. The van der Waals surface area contributed by atoms with E-state index in [1.54, 1.807) is 48.0 Å². The maximum absolute atomic E-state index is 13.5. The van der Waals surface area contributed by atoms with E-state index in [1.807, 2.05) is 19.1 Å². The van der Waals surface area contributed by atoms with Crippen LogP contribution < -0.4 is 20.1 Å². The quantitative estimate of drug-likeness (QED) is 0.228. The van der Waals surface area contributed by atoms with Gasteiger partial charge in [-0.2, -0.15) is 13.2 Å². The van der Waals surface area contributed by atoms with Crippen molar-refractivity contribution in [1.29, 1.82) is 0 Å². The number of amides is 1. The zero-order chi connectivity index (χ0) is 28.4. The Balaban J connectivity index is 1.46. The maximum atomic E-state index is 13.5. The topological polar surface area (TPSA) is 90.3 Å². The third-order valence-corrected chi connectivity index (χ3v) is 6.08. The highest BCUT2D eigenvalue weighted by Gasteiger charge is 2.31. The Labute approximate surface area is 227 Å². The van der Waals surface area contributed by atoms with Crippen LogP contribution in [-0.4, -0.2) is 27.5 Å². The van der Waals surface area contributed by atoms with E-state index in [1.165, 1.54) is 25.4 Å². The van der Waals surface area contributed by atoms with E-state index in [0.29, 0.717) is 34.2 Å². The van der Waals surface area contributed by atoms with Gasteiger partial charge in [-0.05, 0) is 55.5 Å². The fourth-order valence-electron chi connectivity index (χ4n) is 3.96. The van der Waals surface area contributed by atoms with Gasteiger partial charge in [0.1, 0.15) is 22.9 Å². The van der Waals surface area contributed by atoms with Crippen LogP contribution in [-0.2, 0) is 13.2 Å². The molecule has 0 aliphatic carbocycles. The van der Waals surface area contributed by atoms with Crippen molar-refractivity contribution in [2.45, 2.75) is 13.1 Å². The fraction of sp³-hybridized carbons (Fsp3) is 0.138. The number of carbonyl (C=O) groups is 1. The highest BCUT2D eigenvalue weighted by atomic mass is 19.4. The van der Waals surface area contributed by atoms with E-state index >= 15 is 0 Å². The standard InChI is InChI=1S/C29H24F3N5O3/c1-17-4-7-19(8-5-17)40-26-11-6-18(29(30,31)32)14-23(26)36-28-35-22-15-20(9-10-25(22)37(28)3)39-21-12-13-34-24(16-21)27(38)33-2/h4-16H,1-3H3,(H,33,38)(H,35,36). The fourth-order valence-corrected chi connectivity index (χ4v) is 3.96. The maximum Gasteiger partial charge on any atom is 0.416 e. The van der Waals surface area contributed by atoms with E-state index < -0.39 is 11.7 Å². The van der Waals surface area contributed by atoms with Crippen molar-refractivity contribution in [3.8, 4) is 23.0 Å². The minimum absolute atomic E-state index is 0.101. The Hall–Kier alpha value is -5.06. The van der Waals surface area contributed by atoms with Crippen LogP contribution in [0.2, 0.25) is 0 Å². The number of benzene rings is 3. The molecule has 5 rings (SSSR count). The summed E-state index contributed by atoms with van der Waals surface area (Å²) in [7, 11) is 3.25. The SMILES string of the molecule is CNC(=O)c1cc(Oc2ccc3c(c2)nc(Nc2cc(C(F)(F)F)ccc2Oc2ccc(C)cc2)n3C)ccn1. The van der Waals surface area contributed by atoms with Gasteiger partial charge in [-0.3, -0.25) is 9.78 Å². The third-order valence-electron chi connectivity index (χ3n) is 6.08. The van der Waals surface area contributed by atoms with E-state index in [0.717, 1.165) is 17.7 Å². The monoisotopic (exact) mass is 547 g/mol. The molecule has 0 unspecified atom stereocenters. The number of imidazole rings is 1. The van der Waals surface area contributed by atoms with Gasteiger partial charge < -0.3 is 24.7 Å². The Morgan fingerprint density at radius 2 is 1.62 bits per heavy atom. The van der Waals surface area contributed by atoms with Crippen LogP contribution in [0.4, 0.5) is 24.8 Å². The number of ether oxygens (including phenoxy) is 2. The van der Waals surface area contributed by atoms with Gasteiger partial charge in [0.15, 0.2) is 5.75 Å². The molecular formula is C29H24F3N5O3. The number of pyridine rings is 1. The average molecular weight is 548 g/mol. The first kappa shape index (κ1) is 26.5. The molecule has 8 nitrogen and oxygen atoms in total. The van der Waals surface area contributed by atoms with Crippen LogP contribution in [0.25, 0.3) is 11.0 Å². The number of hydrogen-bond donors (Lipinski definition) is 2. The molecule has 0 aliphatic heterocycles. The summed E-state index contributed by atoms with van der Waals surface area (Å²) in [6, 6.07) is 18.8. The number of fused-ring (bicyclic) bond motifs is 1. The van der Waals surface area contributed by atoms with Crippen LogP contribution in [0, 0.1) is 6.92 Å². The van der Waals surface area contributed by atoms with Crippen molar-refractivity contribution in [1.82, 2.24) is 19.9 Å². The summed E-state index contributed by atoms with van der Waals surface area (Å²) in [6.45, 7) is 1.93. The number of carbonyl (C=O) groups excluding carboxylic acids is 1. The summed E-state index contributed by atoms with van der Waals surface area (Å²) >= 11 is 0. The average Bonchev–Trinajstić information content (AvgIpc) is 3.24. The lowest BCUT2D eigenvalue weighted by atomic mass is 10.1. The molecule has 11 heteroatoms. The Bertz CT molecular complexity index is 1700. The molecule has 0 bridgehead atoms. The lowest BCUT2D eigenvalue weighted by molar-refractivity contribution is -0.137. The molecule has 3 aromatic carbocycles. The Morgan fingerprint density at radius 1 is 0.900 bits per heavy atom. The molecule has 0 saturated heterocycles. The van der Waals surface area contributed by atoms with Crippen LogP contribution in [0.5, 0.6) is 23.0 Å². The van der Waals surface area contributed by atoms with Crippen LogP contribution in [0.15, 0.2) is 79.0 Å². The summed E-state index contributed by atoms with van der Waals surface area (Å²) in [5.41, 5.74) is 1.75. The first-order valence-electron chi connectivity index (χ1n) is 12.2. The minimum Gasteiger partial charge on any atom is -0.457 e. The predicted octanol–water partition coefficient (Wildman–Crippen LogP) is 6.98. The first-order valence-corrected chi connectivity index (χ1v) is 12.2. The highest BCUT2D eigenvalue weighted by molar-refractivity contribution is 5.92. The number of nitrogens with zero attached hydrogens (tertiary/aromatic N) is 3. The molecule has 40 heavy (non-hydrogen) atoms. The smallest absolute Gasteiger partial charge is 0.416 e. The molecule has 0 saturated carbocycles. The number of anilines is 2. The molecule has 0 aliphatic rings. The highest BCUT2D eigenvalue weighted by Crippen LogP contribution is 2.38. The molecule has 0 atom stereocenters. The summed E-state index contributed by atoms with van der Waals surface area (Å²) in [6.07, 6.45) is -3.07. The second-order valence-electron chi connectivity index (χ2n) is 8.95. The molecule has 0 spiro atoms. The van der Waals surface area contributed by atoms with Crippen molar-refractivity contribution in [2.75, 3.05) is 12.4 Å². The summed E-state index contributed by atoms with van der Waals surface area (Å²) in [4.78, 5) is 20.5. The van der Waals surface area contributed by atoms with Crippen LogP contribution >= 0.6 is 0 Å². The van der Waals surface area contributed by atoms with E-state index in [9.17, 15) is 18.0 Å². The zero-order valence-corrected chi connectivity index (χ0v) is 21.7. The molecule has 0 fully saturated rings. The van der Waals surface area contributed by atoms with Gasteiger partial charge in [-0.25, -0.2) is 4.98 Å². The normalized spacial score (nSPS) is 11.3. The summed E-state index contributed by atoms with van der Waals surface area (Å²) in [5.74, 6) is 1.50. The van der Waals surface area contributed by atoms with Crippen molar-refractivity contribution >= 4 is 28.6 Å². The van der Waals surface area contributed by atoms with Gasteiger partial charge >= 0.3 is 6.18 Å². The summed E-state index contributed by atoms with van der Waals surface area (Å²) in [5, 5.41) is 5.51. The van der Waals surface area contributed by atoms with E-state index in [2.05, 4.69) is 20.6 Å². The number of aryl methyl sites for hydroxylation is 2. The second kappa shape index (κ2) is 10.6. The third kappa shape index (κ3) is 5.68. The van der Waals surface area contributed by atoms with Crippen LogP contribution in [0.3, 0.4) is 0 Å². The number of halogens is 3. The largest absolute Gasteiger partial charge is 0.457 e. The number of rotatable bonds is 7. The van der Waals surface area contributed by atoms with Crippen LogP contribution in [0.1, 0.15) is 21.6 Å². The van der Waals surface area contributed by atoms with Gasteiger partial charge in [0, 0.05) is 32.4 Å². The summed E-state index contributed by atoms with van der Waals surface area (Å²) < 4.78 is 54.2. The minimum atomic E-state index is -4.54. The Morgan fingerprint density at radius 3 is 2.35 bits per heavy atom. The van der Waals surface area contributed by atoms with Gasteiger partial charge in [-0.1, -0.05) is 17.7 Å². The first-order chi connectivity index (χ1) is 19.1. The van der Waals surface area contributed by atoms with Crippen molar-refractivity contribution in [2.24, 2.45) is 7.05 Å². The van der Waals surface area contributed by atoms with Crippen molar-refractivity contribution < 1.29 is 27.4 Å². The van der Waals surface area contributed by atoms with Gasteiger partial charge in [-0.15, -0.1) is 0 Å². The van der Waals surface area contributed by atoms with Gasteiger partial charge in [0.05, 0.1) is 22.3 Å². The molecule has 1 amide bonds. The molecular weight excluding hydrogens is 523 g/mol. The van der Waals surface area contributed by atoms with E-state index in [4.69, 9.17) is 9.47 Å². The number of aromatic nitrogens is 3. The number of nitrogens with one attached hydrogen (secondary N) is 2.